The topological polar surface area (TPSA) is 24.5 Å². The molecule has 1 aromatic carbocycles. The fourth-order valence-corrected chi connectivity index (χ4v) is 2.30. The highest BCUT2D eigenvalue weighted by Gasteiger charge is 2.21. The molecule has 3 nitrogen and oxygen atoms in total. The minimum Gasteiger partial charge on any atom is -0.434 e. The normalized spacial score (nSPS) is 17.0. The van der Waals surface area contributed by atoms with Crippen molar-refractivity contribution in [3.05, 3.63) is 29.8 Å². The van der Waals surface area contributed by atoms with Crippen LogP contribution in [0.4, 0.5) is 8.78 Å². The Morgan fingerprint density at radius 1 is 1.15 bits per heavy atom. The summed E-state index contributed by atoms with van der Waals surface area (Å²) in [6.07, 6.45) is 0. The molecule has 0 amide bonds. The lowest BCUT2D eigenvalue weighted by atomic mass is 10.1. The van der Waals surface area contributed by atoms with E-state index in [1.165, 1.54) is 0 Å². The molecular weight excluding hydrogens is 309 g/mol. The van der Waals surface area contributed by atoms with Crippen LogP contribution >= 0.6 is 24.8 Å². The first-order valence-electron chi connectivity index (χ1n) is 6.17. The van der Waals surface area contributed by atoms with Gasteiger partial charge in [0.25, 0.3) is 0 Å². The van der Waals surface area contributed by atoms with Crippen LogP contribution in [0.1, 0.15) is 18.5 Å². The van der Waals surface area contributed by atoms with Crippen molar-refractivity contribution in [3.63, 3.8) is 0 Å². The maximum absolute atomic E-state index is 12.4. The van der Waals surface area contributed by atoms with Crippen molar-refractivity contribution in [3.8, 4) is 5.75 Å². The van der Waals surface area contributed by atoms with E-state index in [0.29, 0.717) is 0 Å². The van der Waals surface area contributed by atoms with Crippen molar-refractivity contribution < 1.29 is 13.5 Å². The lowest BCUT2D eigenvalue weighted by molar-refractivity contribution is -0.0511. The molecule has 0 unspecified atom stereocenters. The van der Waals surface area contributed by atoms with Crippen LogP contribution in [-0.4, -0.2) is 37.7 Å². The Hall–Kier alpha value is -0.620. The average Bonchev–Trinajstić information content (AvgIpc) is 2.39. The molecule has 0 aromatic heterocycles. The van der Waals surface area contributed by atoms with Crippen LogP contribution in [0.3, 0.4) is 0 Å². The Morgan fingerprint density at radius 3 is 2.35 bits per heavy atom. The van der Waals surface area contributed by atoms with Crippen molar-refractivity contribution in [2.45, 2.75) is 19.6 Å². The summed E-state index contributed by atoms with van der Waals surface area (Å²) in [7, 11) is 0. The largest absolute Gasteiger partial charge is 0.434 e. The average molecular weight is 329 g/mol. The summed E-state index contributed by atoms with van der Waals surface area (Å²) in [5, 5.41) is 3.27. The highest BCUT2D eigenvalue weighted by atomic mass is 35.5. The van der Waals surface area contributed by atoms with Crippen LogP contribution in [0.2, 0.25) is 0 Å². The molecule has 2 rings (SSSR count). The second kappa shape index (κ2) is 9.34. The molecule has 1 aromatic rings. The van der Waals surface area contributed by atoms with Gasteiger partial charge in [-0.2, -0.15) is 8.78 Å². The molecule has 1 aliphatic heterocycles. The number of nitrogens with one attached hydrogen (secondary N) is 1. The van der Waals surface area contributed by atoms with E-state index in [9.17, 15) is 8.78 Å². The molecule has 1 fully saturated rings. The third-order valence-electron chi connectivity index (χ3n) is 3.28. The molecule has 116 valence electrons. The van der Waals surface area contributed by atoms with Gasteiger partial charge in [0.15, 0.2) is 0 Å². The lowest BCUT2D eigenvalue weighted by Gasteiger charge is -2.33. The Kier molecular flexibility index (Phi) is 9.05. The second-order valence-corrected chi connectivity index (χ2v) is 4.38. The van der Waals surface area contributed by atoms with Crippen LogP contribution < -0.4 is 10.1 Å². The number of benzene rings is 1. The number of halogens is 4. The minimum absolute atomic E-state index is 0. The third-order valence-corrected chi connectivity index (χ3v) is 3.28. The van der Waals surface area contributed by atoms with Crippen molar-refractivity contribution in [2.24, 2.45) is 0 Å². The summed E-state index contributed by atoms with van der Waals surface area (Å²) in [5.41, 5.74) is 0.819. The number of alkyl halides is 2. The predicted octanol–water partition coefficient (Wildman–Crippen LogP) is 3.10. The zero-order valence-corrected chi connectivity index (χ0v) is 12.9. The van der Waals surface area contributed by atoms with Crippen molar-refractivity contribution >= 4 is 24.8 Å². The van der Waals surface area contributed by atoms with Gasteiger partial charge in [-0.25, -0.2) is 0 Å². The fraction of sp³-hybridized carbons (Fsp3) is 0.538. The van der Waals surface area contributed by atoms with E-state index in [2.05, 4.69) is 15.0 Å². The Morgan fingerprint density at radius 2 is 1.75 bits per heavy atom. The molecule has 0 aliphatic carbocycles. The monoisotopic (exact) mass is 328 g/mol. The Labute approximate surface area is 130 Å². The zero-order valence-electron chi connectivity index (χ0n) is 11.2. The third kappa shape index (κ3) is 5.05. The fourth-order valence-electron chi connectivity index (χ4n) is 2.30. The van der Waals surface area contributed by atoms with Crippen LogP contribution in [-0.2, 0) is 0 Å². The first-order chi connectivity index (χ1) is 8.68. The summed E-state index contributed by atoms with van der Waals surface area (Å²) in [5.74, 6) is 0.276. The van der Waals surface area contributed by atoms with E-state index in [-0.39, 0.29) is 36.6 Å². The van der Waals surface area contributed by atoms with Crippen LogP contribution in [0.15, 0.2) is 24.3 Å². The summed E-state index contributed by atoms with van der Waals surface area (Å²) < 4.78 is 29.3. The maximum Gasteiger partial charge on any atom is 0.387 e. The summed E-state index contributed by atoms with van der Waals surface area (Å²) in [6, 6.07) is 7.10. The van der Waals surface area contributed by atoms with Gasteiger partial charge < -0.3 is 10.1 Å². The summed E-state index contributed by atoms with van der Waals surface area (Å²) in [4.78, 5) is 2.27. The van der Waals surface area contributed by atoms with Gasteiger partial charge in [0.05, 0.1) is 0 Å². The van der Waals surface area contributed by atoms with Crippen LogP contribution in [0.25, 0.3) is 0 Å². The first-order valence-corrected chi connectivity index (χ1v) is 6.17. The number of para-hydroxylation sites is 1. The van der Waals surface area contributed by atoms with E-state index in [1.807, 2.05) is 19.1 Å². The van der Waals surface area contributed by atoms with E-state index in [4.69, 9.17) is 0 Å². The van der Waals surface area contributed by atoms with E-state index < -0.39 is 6.61 Å². The molecule has 20 heavy (non-hydrogen) atoms. The lowest BCUT2D eigenvalue weighted by Crippen LogP contribution is -2.44. The smallest absolute Gasteiger partial charge is 0.387 e. The molecule has 7 heteroatoms. The van der Waals surface area contributed by atoms with Gasteiger partial charge in [0, 0.05) is 37.8 Å². The predicted molar refractivity (Wildman–Crippen MR) is 80.4 cm³/mol. The van der Waals surface area contributed by atoms with E-state index in [1.54, 1.807) is 12.1 Å². The maximum atomic E-state index is 12.4. The van der Waals surface area contributed by atoms with Crippen molar-refractivity contribution in [1.82, 2.24) is 10.2 Å². The Bertz CT molecular complexity index is 390. The Balaban J connectivity index is 0.00000180. The molecule has 1 saturated heterocycles. The number of ether oxygens (including phenoxy) is 1. The van der Waals surface area contributed by atoms with Crippen LogP contribution in [0, 0.1) is 0 Å². The number of nitrogens with zero attached hydrogens (tertiary/aromatic N) is 1. The molecule has 1 aliphatic rings. The van der Waals surface area contributed by atoms with Gasteiger partial charge in [0.1, 0.15) is 5.75 Å². The van der Waals surface area contributed by atoms with Gasteiger partial charge in [-0.15, -0.1) is 24.8 Å². The molecule has 1 N–H and O–H groups in total. The molecule has 1 heterocycles. The number of hydrogen-bond donors (Lipinski definition) is 1. The van der Waals surface area contributed by atoms with Gasteiger partial charge in [-0.3, -0.25) is 4.90 Å². The molecule has 0 spiro atoms. The van der Waals surface area contributed by atoms with Gasteiger partial charge in [-0.1, -0.05) is 18.2 Å². The molecule has 0 saturated carbocycles. The number of rotatable bonds is 4. The minimum atomic E-state index is -2.78. The number of hydrogen-bond acceptors (Lipinski definition) is 3. The molecule has 1 atom stereocenters. The molecule has 0 radical (unpaired) electrons. The number of piperazine rings is 1. The second-order valence-electron chi connectivity index (χ2n) is 4.38. The molecular formula is C13H20Cl2F2N2O. The SMILES string of the molecule is C[C@@H](c1ccccc1OC(F)F)N1CCNCC1.Cl.Cl. The van der Waals surface area contributed by atoms with Gasteiger partial charge in [-0.05, 0) is 13.0 Å². The van der Waals surface area contributed by atoms with E-state index in [0.717, 1.165) is 31.7 Å². The van der Waals surface area contributed by atoms with Crippen molar-refractivity contribution in [2.75, 3.05) is 26.2 Å². The van der Waals surface area contributed by atoms with Crippen molar-refractivity contribution in [1.29, 1.82) is 0 Å². The van der Waals surface area contributed by atoms with Crippen LogP contribution in [0.5, 0.6) is 5.75 Å². The van der Waals surface area contributed by atoms with E-state index >= 15 is 0 Å². The highest BCUT2D eigenvalue weighted by Crippen LogP contribution is 2.30. The highest BCUT2D eigenvalue weighted by molar-refractivity contribution is 5.85. The van der Waals surface area contributed by atoms with Gasteiger partial charge in [0.2, 0.25) is 0 Å². The first kappa shape index (κ1) is 19.4. The summed E-state index contributed by atoms with van der Waals surface area (Å²) in [6.45, 7) is 2.96. The molecule has 0 bridgehead atoms. The quantitative estimate of drug-likeness (QED) is 0.919. The standard InChI is InChI=1S/C13H18F2N2O.2ClH/c1-10(17-8-6-16-7-9-17)11-4-2-3-5-12(11)18-13(14)15;;/h2-5,10,13,16H,6-9H2,1H3;2*1H/t10-;;/m0../s1. The van der Waals surface area contributed by atoms with Gasteiger partial charge >= 0.3 is 6.61 Å². The zero-order chi connectivity index (χ0) is 13.0. The summed E-state index contributed by atoms with van der Waals surface area (Å²) >= 11 is 0.